The molecule has 1 unspecified atom stereocenters. The maximum absolute atomic E-state index is 2.21. The van der Waals surface area contributed by atoms with E-state index < -0.39 is 0 Å². The first-order chi connectivity index (χ1) is 1.41. The Morgan fingerprint density at radius 1 is 1.75 bits per heavy atom. The minimum absolute atomic E-state index is 0. The zero-order chi connectivity index (χ0) is 2.71. The van der Waals surface area contributed by atoms with E-state index in [9.17, 15) is 0 Å². The molecular formula is H6BFePSi. The topological polar surface area (TPSA) is 0 Å². The summed E-state index contributed by atoms with van der Waals surface area (Å²) in [6.07, 6.45) is 0. The first-order valence-corrected chi connectivity index (χ1v) is 6.00. The normalized spacial score (nSPS) is 8.00. The molecule has 0 saturated heterocycles. The number of hydrogen-bond acceptors (Lipinski definition) is 0. The standard InChI is InChI=1S/BH6PSi.Fe/c1-2-3;/h2H,1H2,3H3;. The largest absolute Gasteiger partial charge is 0.183 e. The van der Waals surface area contributed by atoms with E-state index in [4.69, 9.17) is 0 Å². The summed E-state index contributed by atoms with van der Waals surface area (Å²) in [5.74, 6) is 0. The van der Waals surface area contributed by atoms with Gasteiger partial charge < -0.3 is 0 Å². The first kappa shape index (κ1) is 8.97. The van der Waals surface area contributed by atoms with Crippen molar-refractivity contribution in [3.8, 4) is 0 Å². The van der Waals surface area contributed by atoms with Crippen LogP contribution in [-0.4, -0.2) is 17.5 Å². The van der Waals surface area contributed by atoms with Crippen LogP contribution < -0.4 is 0 Å². The summed E-state index contributed by atoms with van der Waals surface area (Å²) in [5.41, 5.74) is 0. The Balaban J connectivity index is 0. The van der Waals surface area contributed by atoms with E-state index in [-0.39, 0.29) is 17.1 Å². The van der Waals surface area contributed by atoms with Crippen LogP contribution in [0.4, 0.5) is 0 Å². The van der Waals surface area contributed by atoms with Crippen molar-refractivity contribution in [2.45, 2.75) is 0 Å². The smallest absolute Gasteiger partial charge is 0.124 e. The third-order valence-corrected chi connectivity index (χ3v) is 0. The third kappa shape index (κ3) is 10.6. The molecule has 0 nitrogen and oxygen atoms in total. The van der Waals surface area contributed by atoms with Gasteiger partial charge in [-0.15, -0.1) is 0 Å². The van der Waals surface area contributed by atoms with Crippen LogP contribution >= 0.6 is 8.01 Å². The number of rotatable bonds is 0. The van der Waals surface area contributed by atoms with Gasteiger partial charge in [-0.1, -0.05) is 0 Å². The van der Waals surface area contributed by atoms with E-state index in [2.05, 4.69) is 7.57 Å². The van der Waals surface area contributed by atoms with Gasteiger partial charge in [0.1, 0.15) is 7.57 Å². The van der Waals surface area contributed by atoms with Gasteiger partial charge in [-0.25, -0.2) is 0 Å². The molecule has 0 heterocycles. The van der Waals surface area contributed by atoms with Crippen LogP contribution in [0.5, 0.6) is 0 Å². The minimum Gasteiger partial charge on any atom is -0.183 e. The molecule has 26 valence electrons. The first-order valence-electron chi connectivity index (χ1n) is 1.00. The van der Waals surface area contributed by atoms with Crippen molar-refractivity contribution < 1.29 is 17.1 Å². The molecule has 0 aliphatic heterocycles. The molecule has 0 aromatic heterocycles. The van der Waals surface area contributed by atoms with Crippen molar-refractivity contribution in [1.82, 2.24) is 0 Å². The minimum atomic E-state index is 0. The summed E-state index contributed by atoms with van der Waals surface area (Å²) < 4.78 is 0. The molecule has 0 amide bonds. The summed E-state index contributed by atoms with van der Waals surface area (Å²) in [7, 11) is 4.83. The molecular weight excluding hydrogens is 126 g/mol. The Morgan fingerprint density at radius 2 is 1.75 bits per heavy atom. The zero-order valence-electron chi connectivity index (χ0n) is 2.85. The van der Waals surface area contributed by atoms with Crippen LogP contribution in [0.3, 0.4) is 0 Å². The van der Waals surface area contributed by atoms with Gasteiger partial charge in [0.25, 0.3) is 0 Å². The fourth-order valence-electron chi connectivity index (χ4n) is 0. The van der Waals surface area contributed by atoms with E-state index in [1.54, 1.807) is 0 Å². The van der Waals surface area contributed by atoms with Crippen LogP contribution in [0.1, 0.15) is 0 Å². The molecule has 0 saturated carbocycles. The summed E-state index contributed by atoms with van der Waals surface area (Å²) in [6, 6.07) is 0. The molecule has 0 aliphatic rings. The van der Waals surface area contributed by atoms with E-state index in [0.717, 1.165) is 0 Å². The van der Waals surface area contributed by atoms with Crippen molar-refractivity contribution in [3.63, 3.8) is 0 Å². The van der Waals surface area contributed by atoms with Crippen molar-refractivity contribution in [2.75, 3.05) is 0 Å². The average molecular weight is 132 g/mol. The molecule has 0 aromatic rings. The van der Waals surface area contributed by atoms with Gasteiger partial charge in [0.05, 0.1) is 0 Å². The van der Waals surface area contributed by atoms with Gasteiger partial charge in [-0.05, 0) is 0 Å². The summed E-state index contributed by atoms with van der Waals surface area (Å²) in [6.45, 7) is 0. The van der Waals surface area contributed by atoms with Crippen molar-refractivity contribution in [3.05, 3.63) is 0 Å². The molecule has 0 radical (unpaired) electrons. The summed E-state index contributed by atoms with van der Waals surface area (Å²) >= 11 is 0. The molecule has 0 rings (SSSR count). The van der Waals surface area contributed by atoms with Crippen molar-refractivity contribution in [2.24, 2.45) is 0 Å². The second-order valence-electron chi connectivity index (χ2n) is 0.500. The summed E-state index contributed by atoms with van der Waals surface area (Å²) in [4.78, 5) is 0. The summed E-state index contributed by atoms with van der Waals surface area (Å²) in [5, 5.41) is 0. The average Bonchev–Trinajstić information content (AvgIpc) is 0.918. The quantitative estimate of drug-likeness (QED) is 0.277. The SMILES string of the molecule is BP[SiH3].[Fe]. The van der Waals surface area contributed by atoms with E-state index in [1.807, 2.05) is 0 Å². The Morgan fingerprint density at radius 3 is 1.75 bits per heavy atom. The van der Waals surface area contributed by atoms with Gasteiger partial charge >= 0.3 is 0 Å². The monoisotopic (exact) mass is 132 g/mol. The molecule has 4 heavy (non-hydrogen) atoms. The van der Waals surface area contributed by atoms with Crippen LogP contribution in [0.25, 0.3) is 0 Å². The molecule has 0 aliphatic carbocycles. The Hall–Kier alpha value is 1.23. The van der Waals surface area contributed by atoms with Crippen LogP contribution in [-0.2, 0) is 17.1 Å². The van der Waals surface area contributed by atoms with Gasteiger partial charge in [0.15, 0.2) is 0 Å². The van der Waals surface area contributed by atoms with Gasteiger partial charge in [-0.3, -0.25) is 0 Å². The number of hydrogen-bond donors (Lipinski definition) is 0. The van der Waals surface area contributed by atoms with Crippen molar-refractivity contribution in [1.29, 1.82) is 0 Å². The van der Waals surface area contributed by atoms with Gasteiger partial charge in [0.2, 0.25) is 0 Å². The van der Waals surface area contributed by atoms with E-state index in [0.29, 0.717) is 0 Å². The predicted molar refractivity (Wildman–Crippen MR) is 26.8 cm³/mol. The molecule has 1 atom stereocenters. The molecule has 0 bridgehead atoms. The fourth-order valence-corrected chi connectivity index (χ4v) is 0. The second-order valence-corrected chi connectivity index (χ2v) is 4.50. The van der Waals surface area contributed by atoms with Gasteiger partial charge in [0, 0.05) is 27.0 Å². The third-order valence-electron chi connectivity index (χ3n) is 0. The zero-order valence-corrected chi connectivity index (χ0v) is 6.96. The van der Waals surface area contributed by atoms with Crippen LogP contribution in [0, 0.1) is 0 Å². The maximum atomic E-state index is 2.21. The molecule has 0 spiro atoms. The maximum Gasteiger partial charge on any atom is 0.124 e. The van der Waals surface area contributed by atoms with Gasteiger partial charge in [-0.2, -0.15) is 8.01 Å². The Labute approximate surface area is 43.0 Å². The second kappa shape index (κ2) is 8.87. The Kier molecular flexibility index (Phi) is 19.9. The predicted octanol–water partition coefficient (Wildman–Crippen LogP) is -1.51. The molecule has 0 fully saturated rings. The Bertz CT molecular complexity index is 8.00. The van der Waals surface area contributed by atoms with Crippen LogP contribution in [0.15, 0.2) is 0 Å². The van der Waals surface area contributed by atoms with Crippen LogP contribution in [0.2, 0.25) is 0 Å². The van der Waals surface area contributed by atoms with Crippen molar-refractivity contribution >= 4 is 25.5 Å². The van der Waals surface area contributed by atoms with E-state index in [1.165, 1.54) is 17.9 Å². The molecule has 4 heteroatoms. The molecule has 0 aromatic carbocycles. The fraction of sp³-hybridized carbons (Fsp3) is 0. The molecule has 0 N–H and O–H groups in total. The van der Waals surface area contributed by atoms with E-state index >= 15 is 0 Å².